The average Bonchev–Trinajstić information content (AvgIpc) is 2.62. The minimum atomic E-state index is 0.322. The number of carbonyl (C=O) groups is 1. The van der Waals surface area contributed by atoms with E-state index < -0.39 is 0 Å². The first kappa shape index (κ1) is 14.1. The summed E-state index contributed by atoms with van der Waals surface area (Å²) in [5, 5.41) is 2.08. The zero-order valence-corrected chi connectivity index (χ0v) is 13.4. The van der Waals surface area contributed by atoms with Crippen LogP contribution in [0.1, 0.15) is 38.0 Å². The second-order valence-corrected chi connectivity index (χ2v) is 7.29. The van der Waals surface area contributed by atoms with Crippen molar-refractivity contribution in [1.29, 1.82) is 0 Å². The van der Waals surface area contributed by atoms with Crippen LogP contribution in [0.2, 0.25) is 0 Å². The molecule has 2 rings (SSSR count). The zero-order valence-electron chi connectivity index (χ0n) is 11.0. The molecule has 1 fully saturated rings. The largest absolute Gasteiger partial charge is 0.338 e. The monoisotopic (exact) mass is 329 g/mol. The van der Waals surface area contributed by atoms with E-state index in [4.69, 9.17) is 0 Å². The summed E-state index contributed by atoms with van der Waals surface area (Å²) in [6, 6.07) is 2.11. The highest BCUT2D eigenvalue weighted by molar-refractivity contribution is 9.10. The fourth-order valence-corrected chi connectivity index (χ4v) is 3.98. The molecule has 0 aliphatic carbocycles. The fourth-order valence-electron chi connectivity index (χ4n) is 2.52. The second kappa shape index (κ2) is 6.20. The molecule has 0 bridgehead atoms. The summed E-state index contributed by atoms with van der Waals surface area (Å²) < 4.78 is 1.12. The first-order valence-electron chi connectivity index (χ1n) is 6.57. The molecule has 1 aromatic rings. The molecule has 0 radical (unpaired) electrons. The van der Waals surface area contributed by atoms with Crippen molar-refractivity contribution in [2.45, 2.75) is 39.7 Å². The number of likely N-dealkylation sites (tertiary alicyclic amines) is 1. The Morgan fingerprint density at radius 2 is 2.28 bits per heavy atom. The number of halogens is 1. The number of carbonyl (C=O) groups excluding carboxylic acids is 1. The summed E-state index contributed by atoms with van der Waals surface area (Å²) in [6.45, 7) is 6.22. The quantitative estimate of drug-likeness (QED) is 0.809. The van der Waals surface area contributed by atoms with E-state index in [2.05, 4.69) is 41.2 Å². The van der Waals surface area contributed by atoms with Crippen LogP contribution in [0.15, 0.2) is 15.9 Å². The predicted octanol–water partition coefficient (Wildman–Crippen LogP) is 4.30. The first-order valence-corrected chi connectivity index (χ1v) is 8.24. The van der Waals surface area contributed by atoms with Gasteiger partial charge in [-0.1, -0.05) is 13.8 Å². The van der Waals surface area contributed by atoms with E-state index in [1.165, 1.54) is 4.88 Å². The van der Waals surface area contributed by atoms with Crippen molar-refractivity contribution in [3.05, 3.63) is 20.8 Å². The van der Waals surface area contributed by atoms with Crippen LogP contribution in [-0.4, -0.2) is 17.4 Å². The molecular weight excluding hydrogens is 310 g/mol. The molecule has 1 saturated heterocycles. The summed E-state index contributed by atoms with van der Waals surface area (Å²) in [4.78, 5) is 15.4. The molecular formula is C14H20BrNOS. The number of rotatable bonds is 3. The van der Waals surface area contributed by atoms with Crippen LogP contribution in [0.5, 0.6) is 0 Å². The van der Waals surface area contributed by atoms with Crippen molar-refractivity contribution in [2.75, 3.05) is 6.54 Å². The fraction of sp³-hybridized carbons (Fsp3) is 0.643. The van der Waals surface area contributed by atoms with Gasteiger partial charge in [0.2, 0.25) is 5.91 Å². The number of amides is 1. The lowest BCUT2D eigenvalue weighted by atomic mass is 9.89. The van der Waals surface area contributed by atoms with Crippen molar-refractivity contribution >= 4 is 33.2 Å². The molecule has 1 unspecified atom stereocenters. The van der Waals surface area contributed by atoms with Gasteiger partial charge in [0, 0.05) is 27.7 Å². The van der Waals surface area contributed by atoms with E-state index in [-0.39, 0.29) is 0 Å². The summed E-state index contributed by atoms with van der Waals surface area (Å²) >= 11 is 5.18. The average molecular weight is 330 g/mol. The summed E-state index contributed by atoms with van der Waals surface area (Å²) in [7, 11) is 0. The number of nitrogens with zero attached hydrogens (tertiary/aromatic N) is 1. The molecule has 4 heteroatoms. The molecule has 2 nitrogen and oxygen atoms in total. The third-order valence-corrected chi connectivity index (χ3v) is 5.45. The van der Waals surface area contributed by atoms with E-state index in [9.17, 15) is 4.79 Å². The highest BCUT2D eigenvalue weighted by atomic mass is 79.9. The molecule has 1 aliphatic heterocycles. The Hall–Kier alpha value is -0.350. The van der Waals surface area contributed by atoms with Gasteiger partial charge in [-0.3, -0.25) is 4.79 Å². The normalized spacial score (nSPS) is 21.4. The third-order valence-electron chi connectivity index (χ3n) is 3.76. The number of hydrogen-bond donors (Lipinski definition) is 0. The minimum Gasteiger partial charge on any atom is -0.338 e. The van der Waals surface area contributed by atoms with E-state index in [1.54, 1.807) is 11.3 Å². The number of hydrogen-bond acceptors (Lipinski definition) is 2. The van der Waals surface area contributed by atoms with Crippen LogP contribution in [0.3, 0.4) is 0 Å². The van der Waals surface area contributed by atoms with E-state index in [0.717, 1.165) is 36.8 Å². The van der Waals surface area contributed by atoms with Gasteiger partial charge in [-0.05, 0) is 46.7 Å². The van der Waals surface area contributed by atoms with Crippen LogP contribution >= 0.6 is 27.3 Å². The van der Waals surface area contributed by atoms with Crippen molar-refractivity contribution < 1.29 is 4.79 Å². The molecule has 0 aromatic carbocycles. The Kier molecular flexibility index (Phi) is 4.84. The van der Waals surface area contributed by atoms with Crippen LogP contribution in [0.4, 0.5) is 0 Å². The van der Waals surface area contributed by atoms with Gasteiger partial charge >= 0.3 is 0 Å². The Morgan fingerprint density at radius 3 is 2.89 bits per heavy atom. The van der Waals surface area contributed by atoms with Crippen LogP contribution in [-0.2, 0) is 11.3 Å². The lowest BCUT2D eigenvalue weighted by molar-refractivity contribution is -0.131. The number of thiophene rings is 1. The van der Waals surface area contributed by atoms with Crippen LogP contribution < -0.4 is 0 Å². The molecule has 1 aromatic heterocycles. The van der Waals surface area contributed by atoms with Crippen LogP contribution in [0.25, 0.3) is 0 Å². The van der Waals surface area contributed by atoms with Gasteiger partial charge in [-0.25, -0.2) is 0 Å². The lowest BCUT2D eigenvalue weighted by Gasteiger charge is -2.21. The standard InChI is InChI=1S/C14H20BrNOS/c1-10(2)11-3-4-14(17)16(6-5-11)8-13-7-12(15)9-18-13/h7,9-11H,3-6,8H2,1-2H3. The van der Waals surface area contributed by atoms with Gasteiger partial charge in [0.1, 0.15) is 0 Å². The summed E-state index contributed by atoms with van der Waals surface area (Å²) in [5.41, 5.74) is 0. The SMILES string of the molecule is CC(C)C1CCC(=O)N(Cc2cc(Br)cs2)CC1. The molecule has 2 heterocycles. The molecule has 100 valence electrons. The van der Waals surface area contributed by atoms with Crippen molar-refractivity contribution in [1.82, 2.24) is 4.90 Å². The van der Waals surface area contributed by atoms with Gasteiger partial charge in [0.15, 0.2) is 0 Å². The van der Waals surface area contributed by atoms with Gasteiger partial charge in [0.05, 0.1) is 6.54 Å². The maximum atomic E-state index is 12.1. The van der Waals surface area contributed by atoms with Crippen LogP contribution in [0, 0.1) is 11.8 Å². The zero-order chi connectivity index (χ0) is 13.1. The van der Waals surface area contributed by atoms with Crippen molar-refractivity contribution in [3.8, 4) is 0 Å². The second-order valence-electron chi connectivity index (χ2n) is 5.38. The third kappa shape index (κ3) is 3.58. The molecule has 1 aliphatic rings. The lowest BCUT2D eigenvalue weighted by Crippen LogP contribution is -2.29. The Labute approximate surface area is 122 Å². The maximum Gasteiger partial charge on any atom is 0.222 e. The van der Waals surface area contributed by atoms with E-state index in [1.807, 2.05) is 4.90 Å². The maximum absolute atomic E-state index is 12.1. The smallest absolute Gasteiger partial charge is 0.222 e. The van der Waals surface area contributed by atoms with E-state index >= 15 is 0 Å². The predicted molar refractivity (Wildman–Crippen MR) is 79.6 cm³/mol. The summed E-state index contributed by atoms with van der Waals surface area (Å²) in [5.74, 6) is 1.71. The Balaban J connectivity index is 1.98. The van der Waals surface area contributed by atoms with Crippen molar-refractivity contribution in [2.24, 2.45) is 11.8 Å². The molecule has 1 amide bonds. The van der Waals surface area contributed by atoms with Gasteiger partial charge in [-0.2, -0.15) is 0 Å². The van der Waals surface area contributed by atoms with E-state index in [0.29, 0.717) is 17.7 Å². The molecule has 1 atom stereocenters. The Morgan fingerprint density at radius 1 is 1.50 bits per heavy atom. The topological polar surface area (TPSA) is 20.3 Å². The highest BCUT2D eigenvalue weighted by Gasteiger charge is 2.24. The highest BCUT2D eigenvalue weighted by Crippen LogP contribution is 2.27. The van der Waals surface area contributed by atoms with Gasteiger partial charge in [-0.15, -0.1) is 11.3 Å². The molecule has 0 saturated carbocycles. The van der Waals surface area contributed by atoms with Gasteiger partial charge in [0.25, 0.3) is 0 Å². The molecule has 18 heavy (non-hydrogen) atoms. The summed E-state index contributed by atoms with van der Waals surface area (Å²) in [6.07, 6.45) is 2.92. The first-order chi connectivity index (χ1) is 8.56. The minimum absolute atomic E-state index is 0.322. The molecule has 0 N–H and O–H groups in total. The molecule has 0 spiro atoms. The van der Waals surface area contributed by atoms with Crippen molar-refractivity contribution in [3.63, 3.8) is 0 Å². The Bertz CT molecular complexity index is 416. The van der Waals surface area contributed by atoms with Gasteiger partial charge < -0.3 is 4.90 Å².